The summed E-state index contributed by atoms with van der Waals surface area (Å²) >= 11 is 0. The van der Waals surface area contributed by atoms with E-state index >= 15 is 0 Å². The largest absolute Gasteiger partial charge is 0.310 e. The molecule has 436 valence electrons. The number of rotatable bonds is 13. The molecule has 0 atom stereocenters. The molecular formula is C91H62N2. The van der Waals surface area contributed by atoms with Gasteiger partial charge in [0.05, 0.1) is 5.41 Å². The molecule has 0 saturated heterocycles. The van der Waals surface area contributed by atoms with Gasteiger partial charge in [0.1, 0.15) is 0 Å². The van der Waals surface area contributed by atoms with Crippen molar-refractivity contribution < 1.29 is 0 Å². The Hall–Kier alpha value is -12.1. The number of fused-ring (bicyclic) bond motifs is 10. The molecular weight excluding hydrogens is 1120 g/mol. The van der Waals surface area contributed by atoms with E-state index in [0.29, 0.717) is 0 Å². The van der Waals surface area contributed by atoms with Gasteiger partial charge in [-0.3, -0.25) is 0 Å². The van der Waals surface area contributed by atoms with Crippen LogP contribution >= 0.6 is 0 Å². The monoisotopic (exact) mass is 1180 g/mol. The quantitative estimate of drug-likeness (QED) is 0.114. The average molecular weight is 1180 g/mol. The zero-order valence-corrected chi connectivity index (χ0v) is 51.2. The summed E-state index contributed by atoms with van der Waals surface area (Å²) in [5.41, 5.74) is 31.8. The standard InChI is InChI=1S/C91H62N2/c1-7-26-63(27-8-1)69-46-50-76(51-47-69)92(78-56-71(65-30-11-3-12-31-65)54-72(57-78)66-32-13-4-14-33-66)80-60-75(82-41-25-45-89-90(82)85-40-21-24-44-88(85)91(89)86-42-22-19-38-83(86)84-39-20-23-43-87(84)91)61-81(62-80)93(77-52-48-70(49-53-77)64-28-9-2-10-29-64)79-58-73(67-34-15-5-16-35-67)55-74(59-79)68-36-17-6-18-37-68/h1-62H. The van der Waals surface area contributed by atoms with Gasteiger partial charge in [0, 0.05) is 34.1 Å². The Morgan fingerprint density at radius 2 is 0.409 bits per heavy atom. The molecule has 0 bridgehead atoms. The third-order valence-corrected chi connectivity index (χ3v) is 19.0. The molecule has 2 aliphatic carbocycles. The smallest absolute Gasteiger partial charge is 0.0725 e. The van der Waals surface area contributed by atoms with Gasteiger partial charge in [-0.2, -0.15) is 0 Å². The molecule has 2 heteroatoms. The second-order valence-electron chi connectivity index (χ2n) is 24.4. The van der Waals surface area contributed by atoms with Crippen LogP contribution < -0.4 is 9.80 Å². The minimum Gasteiger partial charge on any atom is -0.310 e. The number of benzene rings is 15. The van der Waals surface area contributed by atoms with Gasteiger partial charge >= 0.3 is 0 Å². The Balaban J connectivity index is 0.978. The summed E-state index contributed by atoms with van der Waals surface area (Å²) in [5, 5.41) is 0. The number of anilines is 6. The molecule has 15 aromatic rings. The third-order valence-electron chi connectivity index (χ3n) is 19.0. The van der Waals surface area contributed by atoms with Crippen molar-refractivity contribution in [1.82, 2.24) is 0 Å². The minimum atomic E-state index is -0.536. The van der Waals surface area contributed by atoms with Crippen LogP contribution in [-0.2, 0) is 5.41 Å². The average Bonchev–Trinajstić information content (AvgIpc) is 1.51. The van der Waals surface area contributed by atoms with Crippen molar-refractivity contribution >= 4 is 34.1 Å². The maximum Gasteiger partial charge on any atom is 0.0725 e. The van der Waals surface area contributed by atoms with Gasteiger partial charge in [0.15, 0.2) is 0 Å². The van der Waals surface area contributed by atoms with E-state index in [1.807, 2.05) is 0 Å². The topological polar surface area (TPSA) is 6.48 Å². The Bertz CT molecular complexity index is 4830. The lowest BCUT2D eigenvalue weighted by molar-refractivity contribution is 0.794. The SMILES string of the molecule is c1ccc(-c2ccc(N(c3cc(-c4ccccc4)cc(-c4ccccc4)c3)c3cc(-c4cccc5c4-c4ccccc4C54c5ccccc5-c5ccccc54)cc(N(c4ccc(-c5ccccc5)cc4)c4cc(-c5ccccc5)cc(-c5ccccc5)c4)c3)cc2)cc1. The Morgan fingerprint density at radius 3 is 0.774 bits per heavy atom. The summed E-state index contributed by atoms with van der Waals surface area (Å²) in [7, 11) is 0. The summed E-state index contributed by atoms with van der Waals surface area (Å²) < 4.78 is 0. The summed E-state index contributed by atoms with van der Waals surface area (Å²) in [6, 6.07) is 139. The molecule has 0 aliphatic heterocycles. The summed E-state index contributed by atoms with van der Waals surface area (Å²) in [4.78, 5) is 4.99. The maximum absolute atomic E-state index is 2.50. The molecule has 0 saturated carbocycles. The zero-order chi connectivity index (χ0) is 61.7. The van der Waals surface area contributed by atoms with Crippen molar-refractivity contribution in [3.05, 3.63) is 398 Å². The van der Waals surface area contributed by atoms with E-state index in [1.165, 1.54) is 55.6 Å². The molecule has 0 N–H and O–H groups in total. The van der Waals surface area contributed by atoms with Crippen LogP contribution in [0.3, 0.4) is 0 Å². The van der Waals surface area contributed by atoms with Crippen LogP contribution in [0.1, 0.15) is 22.3 Å². The molecule has 0 radical (unpaired) electrons. The molecule has 0 aromatic heterocycles. The van der Waals surface area contributed by atoms with Gasteiger partial charge in [-0.15, -0.1) is 0 Å². The van der Waals surface area contributed by atoms with Crippen LogP contribution in [0.2, 0.25) is 0 Å². The first-order valence-electron chi connectivity index (χ1n) is 32.1. The van der Waals surface area contributed by atoms with Crippen molar-refractivity contribution in [2.24, 2.45) is 0 Å². The lowest BCUT2D eigenvalue weighted by Gasteiger charge is -2.32. The number of nitrogens with zero attached hydrogens (tertiary/aromatic N) is 2. The van der Waals surface area contributed by atoms with Crippen molar-refractivity contribution in [3.8, 4) is 100 Å². The fraction of sp³-hybridized carbons (Fsp3) is 0.0110. The molecule has 93 heavy (non-hydrogen) atoms. The summed E-state index contributed by atoms with van der Waals surface area (Å²) in [5.74, 6) is 0. The van der Waals surface area contributed by atoms with E-state index in [-0.39, 0.29) is 0 Å². The molecule has 0 unspecified atom stereocenters. The van der Waals surface area contributed by atoms with E-state index < -0.39 is 5.41 Å². The van der Waals surface area contributed by atoms with Crippen LogP contribution in [0.25, 0.3) is 100 Å². The predicted molar refractivity (Wildman–Crippen MR) is 390 cm³/mol. The van der Waals surface area contributed by atoms with Gasteiger partial charge in [-0.1, -0.05) is 297 Å². The molecule has 15 aromatic carbocycles. The lowest BCUT2D eigenvalue weighted by Crippen LogP contribution is -2.25. The highest BCUT2D eigenvalue weighted by Gasteiger charge is 2.52. The minimum absolute atomic E-state index is 0.536. The Morgan fingerprint density at radius 1 is 0.151 bits per heavy atom. The van der Waals surface area contributed by atoms with Crippen molar-refractivity contribution in [2.75, 3.05) is 9.80 Å². The first-order chi connectivity index (χ1) is 46.1. The maximum atomic E-state index is 2.50. The van der Waals surface area contributed by atoms with Gasteiger partial charge in [0.2, 0.25) is 0 Å². The van der Waals surface area contributed by atoms with Crippen molar-refractivity contribution in [2.45, 2.75) is 5.41 Å². The molecule has 2 aliphatic rings. The van der Waals surface area contributed by atoms with Crippen LogP contribution in [0.15, 0.2) is 376 Å². The van der Waals surface area contributed by atoms with Gasteiger partial charge in [0.25, 0.3) is 0 Å². The highest BCUT2D eigenvalue weighted by atomic mass is 15.2. The second kappa shape index (κ2) is 23.4. The second-order valence-corrected chi connectivity index (χ2v) is 24.4. The predicted octanol–water partition coefficient (Wildman–Crippen LogP) is 24.6. The fourth-order valence-corrected chi connectivity index (χ4v) is 14.8. The normalized spacial score (nSPS) is 12.2. The Kier molecular flexibility index (Phi) is 13.8. The van der Waals surface area contributed by atoms with Crippen molar-refractivity contribution in [1.29, 1.82) is 0 Å². The molecule has 0 amide bonds. The van der Waals surface area contributed by atoms with Crippen LogP contribution in [0, 0.1) is 0 Å². The van der Waals surface area contributed by atoms with Crippen LogP contribution in [-0.4, -0.2) is 0 Å². The van der Waals surface area contributed by atoms with E-state index in [0.717, 1.165) is 101 Å². The first-order valence-corrected chi connectivity index (χ1v) is 32.1. The highest BCUT2D eigenvalue weighted by Crippen LogP contribution is 2.64. The number of hydrogen-bond donors (Lipinski definition) is 0. The molecule has 1 spiro atoms. The Labute approximate surface area is 544 Å². The van der Waals surface area contributed by atoms with E-state index in [9.17, 15) is 0 Å². The molecule has 2 nitrogen and oxygen atoms in total. The lowest BCUT2D eigenvalue weighted by atomic mass is 9.70. The van der Waals surface area contributed by atoms with Gasteiger partial charge in [-0.25, -0.2) is 0 Å². The van der Waals surface area contributed by atoms with Crippen LogP contribution in [0.4, 0.5) is 34.1 Å². The first kappa shape index (κ1) is 55.0. The summed E-state index contributed by atoms with van der Waals surface area (Å²) in [6.45, 7) is 0. The number of hydrogen-bond acceptors (Lipinski definition) is 2. The summed E-state index contributed by atoms with van der Waals surface area (Å²) in [6.07, 6.45) is 0. The third kappa shape index (κ3) is 9.76. The fourth-order valence-electron chi connectivity index (χ4n) is 14.8. The van der Waals surface area contributed by atoms with Crippen molar-refractivity contribution in [3.63, 3.8) is 0 Å². The van der Waals surface area contributed by atoms with E-state index in [1.54, 1.807) is 0 Å². The highest BCUT2D eigenvalue weighted by molar-refractivity contribution is 6.02. The van der Waals surface area contributed by atoms with Crippen LogP contribution in [0.5, 0.6) is 0 Å². The molecule has 0 fully saturated rings. The van der Waals surface area contributed by atoms with E-state index in [2.05, 4.69) is 386 Å². The zero-order valence-electron chi connectivity index (χ0n) is 51.2. The molecule has 0 heterocycles. The van der Waals surface area contributed by atoms with E-state index in [4.69, 9.17) is 0 Å². The van der Waals surface area contributed by atoms with Gasteiger partial charge in [-0.05, 0) is 201 Å². The van der Waals surface area contributed by atoms with Gasteiger partial charge < -0.3 is 9.80 Å². The molecule has 17 rings (SSSR count).